The van der Waals surface area contributed by atoms with Gasteiger partial charge in [-0.1, -0.05) is 38.5 Å². The second-order valence-corrected chi connectivity index (χ2v) is 5.99. The monoisotopic (exact) mass is 264 g/mol. The summed E-state index contributed by atoms with van der Waals surface area (Å²) in [5, 5.41) is 10.3. The Balaban J connectivity index is 1.75. The number of nitrogens with one attached hydrogen (secondary N) is 2. The van der Waals surface area contributed by atoms with Crippen LogP contribution in [0.4, 0.5) is 5.95 Å². The smallest absolute Gasteiger partial charge is 0.345 e. The van der Waals surface area contributed by atoms with Crippen LogP contribution in [-0.2, 0) is 0 Å². The van der Waals surface area contributed by atoms with Crippen LogP contribution in [0, 0.1) is 0 Å². The first-order chi connectivity index (χ1) is 9.34. The zero-order valence-electron chi connectivity index (χ0n) is 11.5. The molecule has 2 aliphatic rings. The third-order valence-electron chi connectivity index (χ3n) is 4.58. The second kappa shape index (κ2) is 5.80. The lowest BCUT2D eigenvalue weighted by Crippen LogP contribution is -2.29. The van der Waals surface area contributed by atoms with Crippen LogP contribution in [0.2, 0.25) is 0 Å². The fourth-order valence-electron chi connectivity index (χ4n) is 3.51. The van der Waals surface area contributed by atoms with Crippen molar-refractivity contribution in [2.45, 2.75) is 76.3 Å². The molecule has 0 aliphatic heterocycles. The third-order valence-corrected chi connectivity index (χ3v) is 4.58. The molecule has 1 heterocycles. The molecule has 0 aromatic carbocycles. The number of anilines is 1. The predicted octanol–water partition coefficient (Wildman–Crippen LogP) is 2.82. The number of hydrogen-bond donors (Lipinski definition) is 2. The first-order valence-corrected chi connectivity index (χ1v) is 7.78. The van der Waals surface area contributed by atoms with Crippen molar-refractivity contribution >= 4 is 5.95 Å². The van der Waals surface area contributed by atoms with Gasteiger partial charge in [-0.25, -0.2) is 9.89 Å². The van der Waals surface area contributed by atoms with Crippen LogP contribution in [0.5, 0.6) is 0 Å². The maximum Gasteiger partial charge on any atom is 0.345 e. The van der Waals surface area contributed by atoms with Gasteiger partial charge in [-0.3, -0.25) is 4.57 Å². The quantitative estimate of drug-likeness (QED) is 0.882. The average Bonchev–Trinajstić information content (AvgIpc) is 2.82. The van der Waals surface area contributed by atoms with Gasteiger partial charge in [0, 0.05) is 12.1 Å². The molecule has 5 heteroatoms. The van der Waals surface area contributed by atoms with Crippen molar-refractivity contribution in [3.8, 4) is 0 Å². The van der Waals surface area contributed by atoms with Crippen LogP contribution in [0.3, 0.4) is 0 Å². The third kappa shape index (κ3) is 2.85. The molecule has 2 N–H and O–H groups in total. The normalized spacial score (nSPS) is 22.5. The van der Waals surface area contributed by atoms with Gasteiger partial charge in [0.1, 0.15) is 0 Å². The molecule has 2 saturated carbocycles. The van der Waals surface area contributed by atoms with E-state index < -0.39 is 0 Å². The summed E-state index contributed by atoms with van der Waals surface area (Å²) in [5.74, 6) is 0.767. The fraction of sp³-hybridized carbons (Fsp3) is 0.857. The van der Waals surface area contributed by atoms with Gasteiger partial charge in [0.2, 0.25) is 5.95 Å². The van der Waals surface area contributed by atoms with Crippen molar-refractivity contribution in [2.75, 3.05) is 5.32 Å². The van der Waals surface area contributed by atoms with Gasteiger partial charge < -0.3 is 5.32 Å². The van der Waals surface area contributed by atoms with Crippen molar-refractivity contribution < 1.29 is 0 Å². The van der Waals surface area contributed by atoms with Gasteiger partial charge in [0.25, 0.3) is 0 Å². The number of aromatic amines is 1. The van der Waals surface area contributed by atoms with E-state index in [1.165, 1.54) is 51.4 Å². The number of hydrogen-bond acceptors (Lipinski definition) is 3. The van der Waals surface area contributed by atoms with E-state index in [1.807, 2.05) is 4.57 Å². The predicted molar refractivity (Wildman–Crippen MR) is 75.5 cm³/mol. The highest BCUT2D eigenvalue weighted by molar-refractivity contribution is 5.26. The van der Waals surface area contributed by atoms with E-state index in [1.54, 1.807) is 0 Å². The Morgan fingerprint density at radius 1 is 1.00 bits per heavy atom. The maximum absolute atomic E-state index is 12.0. The summed E-state index contributed by atoms with van der Waals surface area (Å²) in [6.07, 6.45) is 12.3. The van der Waals surface area contributed by atoms with Crippen LogP contribution in [0.25, 0.3) is 0 Å². The van der Waals surface area contributed by atoms with E-state index >= 15 is 0 Å². The van der Waals surface area contributed by atoms with Crippen molar-refractivity contribution in [3.05, 3.63) is 10.5 Å². The van der Waals surface area contributed by atoms with Gasteiger partial charge in [-0.2, -0.15) is 0 Å². The summed E-state index contributed by atoms with van der Waals surface area (Å²) in [6, 6.07) is 0.831. The van der Waals surface area contributed by atoms with Crippen LogP contribution < -0.4 is 11.0 Å². The molecule has 3 rings (SSSR count). The Labute approximate surface area is 113 Å². The summed E-state index contributed by atoms with van der Waals surface area (Å²) >= 11 is 0. The van der Waals surface area contributed by atoms with Crippen LogP contribution in [-0.4, -0.2) is 20.8 Å². The lowest BCUT2D eigenvalue weighted by atomic mass is 9.95. The summed E-state index contributed by atoms with van der Waals surface area (Å²) in [4.78, 5) is 12.0. The number of nitrogens with zero attached hydrogens (tertiary/aromatic N) is 2. The topological polar surface area (TPSA) is 62.7 Å². The molecule has 1 aromatic heterocycles. The zero-order valence-corrected chi connectivity index (χ0v) is 11.5. The van der Waals surface area contributed by atoms with Gasteiger partial charge in [0.05, 0.1) is 0 Å². The number of H-pyrrole nitrogens is 1. The van der Waals surface area contributed by atoms with Crippen LogP contribution >= 0.6 is 0 Å². The van der Waals surface area contributed by atoms with E-state index in [9.17, 15) is 4.79 Å². The summed E-state index contributed by atoms with van der Waals surface area (Å²) < 4.78 is 1.87. The fourth-order valence-corrected chi connectivity index (χ4v) is 3.51. The first-order valence-electron chi connectivity index (χ1n) is 7.78. The Kier molecular flexibility index (Phi) is 3.89. The maximum atomic E-state index is 12.0. The van der Waals surface area contributed by atoms with Crippen LogP contribution in [0.15, 0.2) is 4.79 Å². The average molecular weight is 264 g/mol. The molecule has 106 valence electrons. The molecule has 0 bridgehead atoms. The van der Waals surface area contributed by atoms with Crippen molar-refractivity contribution in [2.24, 2.45) is 0 Å². The van der Waals surface area contributed by atoms with Crippen molar-refractivity contribution in [3.63, 3.8) is 0 Å². The van der Waals surface area contributed by atoms with Gasteiger partial charge in [-0.05, 0) is 25.7 Å². The molecule has 2 aliphatic carbocycles. The molecule has 0 saturated heterocycles. The molecule has 0 spiro atoms. The largest absolute Gasteiger partial charge is 0.352 e. The Bertz CT molecular complexity index is 452. The first kappa shape index (κ1) is 12.8. The molecule has 19 heavy (non-hydrogen) atoms. The molecule has 1 aromatic rings. The summed E-state index contributed by atoms with van der Waals surface area (Å²) in [7, 11) is 0. The van der Waals surface area contributed by atoms with Crippen LogP contribution in [0.1, 0.15) is 70.3 Å². The molecule has 0 radical (unpaired) electrons. The van der Waals surface area contributed by atoms with E-state index in [4.69, 9.17) is 0 Å². The highest BCUT2D eigenvalue weighted by atomic mass is 16.1. The minimum Gasteiger partial charge on any atom is -0.352 e. The van der Waals surface area contributed by atoms with Crippen molar-refractivity contribution in [1.82, 2.24) is 14.8 Å². The molecular formula is C14H24N4O. The van der Waals surface area contributed by atoms with Crippen molar-refractivity contribution in [1.29, 1.82) is 0 Å². The number of aromatic nitrogens is 3. The van der Waals surface area contributed by atoms with Gasteiger partial charge in [0.15, 0.2) is 0 Å². The Morgan fingerprint density at radius 3 is 2.32 bits per heavy atom. The highest BCUT2D eigenvalue weighted by Gasteiger charge is 2.23. The Morgan fingerprint density at radius 2 is 1.63 bits per heavy atom. The minimum atomic E-state index is -0.0507. The van der Waals surface area contributed by atoms with E-state index in [0.717, 1.165) is 18.8 Å². The zero-order chi connectivity index (χ0) is 13.1. The Hall–Kier alpha value is -1.26. The molecule has 0 amide bonds. The molecule has 0 unspecified atom stereocenters. The minimum absolute atomic E-state index is 0.0507. The molecule has 2 fully saturated rings. The van der Waals surface area contributed by atoms with E-state index in [0.29, 0.717) is 12.1 Å². The summed E-state index contributed by atoms with van der Waals surface area (Å²) in [6.45, 7) is 0. The second-order valence-electron chi connectivity index (χ2n) is 5.99. The standard InChI is InChI=1S/C14H24N4O/c19-14-17-16-13(15-11-7-3-1-4-8-11)18(14)12-9-5-2-6-10-12/h11-12H,1-10H2,(H,15,16)(H,17,19). The van der Waals surface area contributed by atoms with E-state index in [2.05, 4.69) is 15.5 Å². The molecule has 5 nitrogen and oxygen atoms in total. The molecule has 0 atom stereocenters. The number of rotatable bonds is 3. The lowest BCUT2D eigenvalue weighted by molar-refractivity contribution is 0.347. The van der Waals surface area contributed by atoms with Gasteiger partial charge >= 0.3 is 5.69 Å². The SMILES string of the molecule is O=c1[nH]nc(NC2CCCCC2)n1C1CCCCC1. The van der Waals surface area contributed by atoms with E-state index in [-0.39, 0.29) is 5.69 Å². The molecular weight excluding hydrogens is 240 g/mol. The lowest BCUT2D eigenvalue weighted by Gasteiger charge is -2.26. The summed E-state index contributed by atoms with van der Waals surface area (Å²) in [5.41, 5.74) is -0.0507. The van der Waals surface area contributed by atoms with Gasteiger partial charge in [-0.15, -0.1) is 5.10 Å². The highest BCUT2D eigenvalue weighted by Crippen LogP contribution is 2.29.